The number of fused-ring (bicyclic) bond motifs is 1. The van der Waals surface area contributed by atoms with E-state index in [1.807, 2.05) is 23.5 Å². The molecule has 18 heavy (non-hydrogen) atoms. The Kier molecular flexibility index (Phi) is 3.14. The summed E-state index contributed by atoms with van der Waals surface area (Å²) in [4.78, 5) is 1.48. The molecule has 1 aliphatic rings. The van der Waals surface area contributed by atoms with Crippen molar-refractivity contribution in [2.45, 2.75) is 18.9 Å². The molecule has 1 aliphatic heterocycles. The van der Waals surface area contributed by atoms with Crippen LogP contribution in [0.4, 0.5) is 0 Å². The number of nitrogens with one attached hydrogen (secondary N) is 1. The maximum Gasteiger partial charge on any atom is 0.0991 e. The Morgan fingerprint density at radius 2 is 2.11 bits per heavy atom. The van der Waals surface area contributed by atoms with Crippen LogP contribution in [0.3, 0.4) is 0 Å². The van der Waals surface area contributed by atoms with Gasteiger partial charge in [-0.25, -0.2) is 0 Å². The van der Waals surface area contributed by atoms with Gasteiger partial charge in [-0.05, 0) is 54.1 Å². The molecule has 0 fully saturated rings. The molecule has 0 saturated carbocycles. The molecule has 90 valence electrons. The van der Waals surface area contributed by atoms with Gasteiger partial charge in [0, 0.05) is 10.9 Å². The van der Waals surface area contributed by atoms with Crippen molar-refractivity contribution < 1.29 is 0 Å². The van der Waals surface area contributed by atoms with Crippen LogP contribution >= 0.6 is 11.3 Å². The van der Waals surface area contributed by atoms with Crippen molar-refractivity contribution in [2.75, 3.05) is 6.54 Å². The van der Waals surface area contributed by atoms with Crippen molar-refractivity contribution in [1.82, 2.24) is 5.32 Å². The highest BCUT2D eigenvalue weighted by atomic mass is 32.1. The monoisotopic (exact) mass is 254 g/mol. The summed E-state index contributed by atoms with van der Waals surface area (Å²) in [6.07, 6.45) is 2.14. The van der Waals surface area contributed by atoms with Crippen LogP contribution in [0, 0.1) is 11.3 Å². The molecule has 0 amide bonds. The molecule has 1 aromatic heterocycles. The van der Waals surface area contributed by atoms with Crippen LogP contribution in [0.5, 0.6) is 0 Å². The molecule has 1 N–H and O–H groups in total. The van der Waals surface area contributed by atoms with Crippen LogP contribution < -0.4 is 5.32 Å². The summed E-state index contributed by atoms with van der Waals surface area (Å²) in [7, 11) is 0. The molecule has 1 aromatic carbocycles. The van der Waals surface area contributed by atoms with Crippen molar-refractivity contribution in [3.63, 3.8) is 0 Å². The average molecular weight is 254 g/mol. The molecule has 2 aromatic rings. The van der Waals surface area contributed by atoms with Crippen molar-refractivity contribution in [3.05, 3.63) is 57.3 Å². The summed E-state index contributed by atoms with van der Waals surface area (Å²) in [5.41, 5.74) is 3.51. The van der Waals surface area contributed by atoms with E-state index in [1.54, 1.807) is 0 Å². The van der Waals surface area contributed by atoms with Gasteiger partial charge in [0.15, 0.2) is 0 Å². The predicted molar refractivity (Wildman–Crippen MR) is 73.6 cm³/mol. The van der Waals surface area contributed by atoms with Gasteiger partial charge in [0.1, 0.15) is 0 Å². The minimum absolute atomic E-state index is 0.432. The van der Waals surface area contributed by atoms with E-state index in [0.717, 1.165) is 24.9 Å². The number of thiophene rings is 1. The fraction of sp³-hybridized carbons (Fsp3) is 0.267. The van der Waals surface area contributed by atoms with Crippen LogP contribution in [0.25, 0.3) is 0 Å². The van der Waals surface area contributed by atoms with E-state index in [-0.39, 0.29) is 0 Å². The first kappa shape index (κ1) is 11.5. The van der Waals surface area contributed by atoms with Gasteiger partial charge in [-0.15, -0.1) is 11.3 Å². The van der Waals surface area contributed by atoms with Gasteiger partial charge < -0.3 is 5.32 Å². The second kappa shape index (κ2) is 4.93. The Morgan fingerprint density at radius 1 is 1.28 bits per heavy atom. The third kappa shape index (κ3) is 2.17. The minimum atomic E-state index is 0.432. The number of benzene rings is 1. The van der Waals surface area contributed by atoms with Crippen LogP contribution in [-0.4, -0.2) is 6.54 Å². The summed E-state index contributed by atoms with van der Waals surface area (Å²) >= 11 is 1.85. The van der Waals surface area contributed by atoms with E-state index >= 15 is 0 Å². The van der Waals surface area contributed by atoms with Gasteiger partial charge in [-0.2, -0.15) is 5.26 Å². The largest absolute Gasteiger partial charge is 0.309 e. The third-order valence-electron chi connectivity index (χ3n) is 3.41. The highest BCUT2D eigenvalue weighted by molar-refractivity contribution is 7.10. The van der Waals surface area contributed by atoms with Crippen molar-refractivity contribution >= 4 is 11.3 Å². The van der Waals surface area contributed by atoms with Gasteiger partial charge in [0.25, 0.3) is 0 Å². The summed E-state index contributed by atoms with van der Waals surface area (Å²) < 4.78 is 0. The molecule has 0 radical (unpaired) electrons. The minimum Gasteiger partial charge on any atom is -0.309 e. The second-order valence-corrected chi connectivity index (χ2v) is 5.53. The Hall–Kier alpha value is -1.63. The zero-order valence-electron chi connectivity index (χ0n) is 10.0. The molecule has 0 spiro atoms. The maximum atomic E-state index is 8.79. The lowest BCUT2D eigenvalue weighted by Crippen LogP contribution is -2.29. The maximum absolute atomic E-state index is 8.79. The first-order chi connectivity index (χ1) is 8.86. The lowest BCUT2D eigenvalue weighted by atomic mass is 9.97. The molecule has 0 unspecified atom stereocenters. The van der Waals surface area contributed by atoms with E-state index in [4.69, 9.17) is 5.26 Å². The number of nitrogens with zero attached hydrogens (tertiary/aromatic N) is 1. The van der Waals surface area contributed by atoms with Gasteiger partial charge in [0.2, 0.25) is 0 Å². The van der Waals surface area contributed by atoms with Gasteiger partial charge in [-0.1, -0.05) is 12.1 Å². The van der Waals surface area contributed by atoms with E-state index in [9.17, 15) is 0 Å². The lowest BCUT2D eigenvalue weighted by Gasteiger charge is -2.24. The van der Waals surface area contributed by atoms with E-state index < -0.39 is 0 Å². The van der Waals surface area contributed by atoms with E-state index in [1.165, 1.54) is 16.0 Å². The van der Waals surface area contributed by atoms with Crippen LogP contribution in [0.1, 0.15) is 27.6 Å². The first-order valence-corrected chi connectivity index (χ1v) is 7.03. The zero-order chi connectivity index (χ0) is 12.4. The van der Waals surface area contributed by atoms with E-state index in [0.29, 0.717) is 6.04 Å². The van der Waals surface area contributed by atoms with Crippen molar-refractivity contribution in [1.29, 1.82) is 5.26 Å². The molecular formula is C15H14N2S. The third-order valence-corrected chi connectivity index (χ3v) is 4.48. The van der Waals surface area contributed by atoms with Crippen LogP contribution in [0.2, 0.25) is 0 Å². The molecular weight excluding hydrogens is 240 g/mol. The Labute approximate surface area is 111 Å². The van der Waals surface area contributed by atoms with Crippen molar-refractivity contribution in [2.24, 2.45) is 0 Å². The quantitative estimate of drug-likeness (QED) is 0.894. The normalized spacial score (nSPS) is 18.1. The summed E-state index contributed by atoms with van der Waals surface area (Å²) in [6, 6.07) is 12.7. The fourth-order valence-electron chi connectivity index (χ4n) is 2.45. The van der Waals surface area contributed by atoms with Gasteiger partial charge in [0.05, 0.1) is 11.6 Å². The molecule has 0 aliphatic carbocycles. The van der Waals surface area contributed by atoms with Gasteiger partial charge >= 0.3 is 0 Å². The van der Waals surface area contributed by atoms with Crippen LogP contribution in [-0.2, 0) is 12.8 Å². The topological polar surface area (TPSA) is 35.8 Å². The predicted octanol–water partition coefficient (Wildman–Crippen LogP) is 3.05. The lowest BCUT2D eigenvalue weighted by molar-refractivity contribution is 0.512. The molecule has 1 atom stereocenters. The first-order valence-electron chi connectivity index (χ1n) is 6.15. The Balaban J connectivity index is 1.80. The standard InChI is InChI=1S/C15H14N2S/c16-10-12-3-1-11(2-4-12)9-14-15-13(5-7-17-14)6-8-18-15/h1-4,6,8,14,17H,5,7,9H2/t14-/m1/s1. The smallest absolute Gasteiger partial charge is 0.0991 e. The molecule has 3 rings (SSSR count). The fourth-order valence-corrected chi connectivity index (χ4v) is 3.48. The Morgan fingerprint density at radius 3 is 2.89 bits per heavy atom. The molecule has 2 nitrogen and oxygen atoms in total. The number of hydrogen-bond donors (Lipinski definition) is 1. The molecule has 2 heterocycles. The highest BCUT2D eigenvalue weighted by Crippen LogP contribution is 2.30. The average Bonchev–Trinajstić information content (AvgIpc) is 2.89. The summed E-state index contributed by atoms with van der Waals surface area (Å²) in [5, 5.41) is 14.6. The van der Waals surface area contributed by atoms with Crippen LogP contribution in [0.15, 0.2) is 35.7 Å². The molecule has 0 saturated heterocycles. The Bertz CT molecular complexity index is 577. The SMILES string of the molecule is N#Cc1ccc(C[C@H]2NCCc3ccsc32)cc1. The van der Waals surface area contributed by atoms with Gasteiger partial charge in [-0.3, -0.25) is 0 Å². The molecule has 0 bridgehead atoms. The summed E-state index contributed by atoms with van der Waals surface area (Å²) in [5.74, 6) is 0. The zero-order valence-corrected chi connectivity index (χ0v) is 10.8. The summed E-state index contributed by atoms with van der Waals surface area (Å²) in [6.45, 7) is 1.06. The molecule has 3 heteroatoms. The van der Waals surface area contributed by atoms with E-state index in [2.05, 4.69) is 35.0 Å². The van der Waals surface area contributed by atoms with Crippen molar-refractivity contribution in [3.8, 4) is 6.07 Å². The number of rotatable bonds is 2. The number of nitriles is 1. The highest BCUT2D eigenvalue weighted by Gasteiger charge is 2.20. The second-order valence-electron chi connectivity index (χ2n) is 4.58. The number of hydrogen-bond acceptors (Lipinski definition) is 3.